The summed E-state index contributed by atoms with van der Waals surface area (Å²) in [6, 6.07) is -0.543. The zero-order chi connectivity index (χ0) is 16.0. The average Bonchev–Trinajstić information content (AvgIpc) is 2.62. The van der Waals surface area contributed by atoms with Gasteiger partial charge in [0.05, 0.1) is 0 Å². The number of amides is 2. The van der Waals surface area contributed by atoms with Crippen molar-refractivity contribution in [1.82, 2.24) is 10.6 Å². The second-order valence-electron chi connectivity index (χ2n) is 7.14. The maximum Gasteiger partial charge on any atom is 0.242 e. The molecule has 122 valence electrons. The van der Waals surface area contributed by atoms with Crippen molar-refractivity contribution < 1.29 is 14.7 Å². The Morgan fingerprint density at radius 1 is 1.19 bits per heavy atom. The molecule has 3 unspecified atom stereocenters. The number of aliphatic hydroxyl groups excluding tert-OH is 1. The Morgan fingerprint density at radius 3 is 2.38 bits per heavy atom. The summed E-state index contributed by atoms with van der Waals surface area (Å²) in [4.78, 5) is 24.2. The quantitative estimate of drug-likeness (QED) is 0.690. The van der Waals surface area contributed by atoms with Crippen LogP contribution >= 0.6 is 0 Å². The van der Waals surface area contributed by atoms with Crippen LogP contribution in [0.15, 0.2) is 0 Å². The second kappa shape index (κ2) is 7.78. The Hall–Kier alpha value is -1.10. The minimum atomic E-state index is -0.556. The van der Waals surface area contributed by atoms with Gasteiger partial charge in [-0.05, 0) is 19.8 Å². The first-order valence-corrected chi connectivity index (χ1v) is 7.98. The van der Waals surface area contributed by atoms with Crippen molar-refractivity contribution in [2.45, 2.75) is 71.9 Å². The molecule has 0 spiro atoms. The molecule has 1 fully saturated rings. The number of carbonyl (C=O) groups excluding carboxylic acids is 2. The highest BCUT2D eigenvalue weighted by atomic mass is 16.3. The summed E-state index contributed by atoms with van der Waals surface area (Å²) in [7, 11) is 0. The van der Waals surface area contributed by atoms with Gasteiger partial charge in [-0.15, -0.1) is 0 Å². The van der Waals surface area contributed by atoms with Gasteiger partial charge in [0.15, 0.2) is 0 Å². The highest BCUT2D eigenvalue weighted by Gasteiger charge is 2.28. The molecule has 5 heteroatoms. The minimum absolute atomic E-state index is 0.0130. The zero-order valence-corrected chi connectivity index (χ0v) is 13.7. The largest absolute Gasteiger partial charge is 0.396 e. The van der Waals surface area contributed by atoms with Crippen molar-refractivity contribution >= 4 is 11.8 Å². The first-order chi connectivity index (χ1) is 9.75. The van der Waals surface area contributed by atoms with Crippen LogP contribution < -0.4 is 10.6 Å². The van der Waals surface area contributed by atoms with Crippen LogP contribution in [-0.4, -0.2) is 35.6 Å². The van der Waals surface area contributed by atoms with Crippen LogP contribution in [0.5, 0.6) is 0 Å². The summed E-state index contributed by atoms with van der Waals surface area (Å²) in [6.45, 7) is 7.26. The van der Waals surface area contributed by atoms with E-state index in [0.717, 1.165) is 32.1 Å². The molecule has 1 aliphatic carbocycles. The molecule has 0 aromatic carbocycles. The highest BCUT2D eigenvalue weighted by molar-refractivity contribution is 5.89. The molecular formula is C16H30N2O3. The normalized spacial score (nSPS) is 24.8. The lowest BCUT2D eigenvalue weighted by Crippen LogP contribution is -2.52. The molecule has 3 atom stereocenters. The summed E-state index contributed by atoms with van der Waals surface area (Å²) in [6.07, 6.45) is 5.18. The molecule has 3 N–H and O–H groups in total. The molecule has 1 saturated carbocycles. The lowest BCUT2D eigenvalue weighted by Gasteiger charge is -2.27. The third-order valence-corrected chi connectivity index (χ3v) is 4.14. The van der Waals surface area contributed by atoms with Crippen LogP contribution in [-0.2, 0) is 9.59 Å². The molecule has 0 heterocycles. The van der Waals surface area contributed by atoms with E-state index in [1.54, 1.807) is 6.92 Å². The fourth-order valence-electron chi connectivity index (χ4n) is 2.58. The van der Waals surface area contributed by atoms with Crippen molar-refractivity contribution in [2.75, 3.05) is 6.61 Å². The van der Waals surface area contributed by atoms with Crippen LogP contribution in [0.2, 0.25) is 0 Å². The molecule has 0 aromatic rings. The Kier molecular flexibility index (Phi) is 6.65. The molecule has 0 bridgehead atoms. The van der Waals surface area contributed by atoms with E-state index in [-0.39, 0.29) is 30.4 Å². The van der Waals surface area contributed by atoms with Gasteiger partial charge < -0.3 is 15.7 Å². The lowest BCUT2D eigenvalue weighted by atomic mass is 9.94. The summed E-state index contributed by atoms with van der Waals surface area (Å²) >= 11 is 0. The first-order valence-electron chi connectivity index (χ1n) is 7.98. The molecule has 0 aliphatic heterocycles. The summed E-state index contributed by atoms with van der Waals surface area (Å²) < 4.78 is 0. The topological polar surface area (TPSA) is 78.4 Å². The van der Waals surface area contributed by atoms with Crippen molar-refractivity contribution in [3.63, 3.8) is 0 Å². The number of hydrogen-bond donors (Lipinski definition) is 3. The van der Waals surface area contributed by atoms with Gasteiger partial charge in [0.2, 0.25) is 11.8 Å². The molecule has 2 amide bonds. The maximum absolute atomic E-state index is 12.2. The number of nitrogens with one attached hydrogen (secondary N) is 2. The van der Waals surface area contributed by atoms with Crippen molar-refractivity contribution in [3.8, 4) is 0 Å². The SMILES string of the molecule is CC(NC(=O)C(C)(C)C)C(=O)NC1CCCCCC1CO. The van der Waals surface area contributed by atoms with Crippen LogP contribution in [0.4, 0.5) is 0 Å². The highest BCUT2D eigenvalue weighted by Crippen LogP contribution is 2.23. The number of rotatable bonds is 4. The van der Waals surface area contributed by atoms with E-state index in [2.05, 4.69) is 10.6 Å². The van der Waals surface area contributed by atoms with Gasteiger partial charge in [0.25, 0.3) is 0 Å². The van der Waals surface area contributed by atoms with E-state index in [4.69, 9.17) is 0 Å². The Balaban J connectivity index is 2.56. The predicted molar refractivity (Wildman–Crippen MR) is 82.7 cm³/mol. The van der Waals surface area contributed by atoms with Gasteiger partial charge in [-0.3, -0.25) is 9.59 Å². The second-order valence-corrected chi connectivity index (χ2v) is 7.14. The van der Waals surface area contributed by atoms with Crippen molar-refractivity contribution in [3.05, 3.63) is 0 Å². The molecule has 21 heavy (non-hydrogen) atoms. The van der Waals surface area contributed by atoms with Gasteiger partial charge >= 0.3 is 0 Å². The molecule has 1 rings (SSSR count). The molecule has 0 saturated heterocycles. The van der Waals surface area contributed by atoms with Crippen molar-refractivity contribution in [2.24, 2.45) is 11.3 Å². The van der Waals surface area contributed by atoms with Gasteiger partial charge in [-0.25, -0.2) is 0 Å². The van der Waals surface area contributed by atoms with E-state index in [9.17, 15) is 14.7 Å². The maximum atomic E-state index is 12.2. The molecule has 0 aromatic heterocycles. The van der Waals surface area contributed by atoms with Gasteiger partial charge in [-0.2, -0.15) is 0 Å². The van der Waals surface area contributed by atoms with E-state index in [1.807, 2.05) is 20.8 Å². The fraction of sp³-hybridized carbons (Fsp3) is 0.875. The zero-order valence-electron chi connectivity index (χ0n) is 13.7. The van der Waals surface area contributed by atoms with Crippen LogP contribution in [0.3, 0.4) is 0 Å². The van der Waals surface area contributed by atoms with Gasteiger partial charge in [-0.1, -0.05) is 40.0 Å². The molecule has 0 radical (unpaired) electrons. The predicted octanol–water partition coefficient (Wildman–Crippen LogP) is 1.59. The fourth-order valence-corrected chi connectivity index (χ4v) is 2.58. The number of hydrogen-bond acceptors (Lipinski definition) is 3. The van der Waals surface area contributed by atoms with Crippen LogP contribution in [0.25, 0.3) is 0 Å². The molecular weight excluding hydrogens is 268 g/mol. The summed E-state index contributed by atoms with van der Waals surface area (Å²) in [5.74, 6) is -0.176. The van der Waals surface area contributed by atoms with E-state index < -0.39 is 11.5 Å². The monoisotopic (exact) mass is 298 g/mol. The van der Waals surface area contributed by atoms with E-state index in [0.29, 0.717) is 0 Å². The first kappa shape index (κ1) is 18.0. The number of aliphatic hydroxyl groups is 1. The van der Waals surface area contributed by atoms with Crippen molar-refractivity contribution in [1.29, 1.82) is 0 Å². The minimum Gasteiger partial charge on any atom is -0.396 e. The lowest BCUT2D eigenvalue weighted by molar-refractivity contribution is -0.133. The third-order valence-electron chi connectivity index (χ3n) is 4.14. The summed E-state index contributed by atoms with van der Waals surface area (Å²) in [5.41, 5.74) is -0.509. The smallest absolute Gasteiger partial charge is 0.242 e. The van der Waals surface area contributed by atoms with E-state index >= 15 is 0 Å². The van der Waals surface area contributed by atoms with Crippen LogP contribution in [0.1, 0.15) is 59.8 Å². The Bertz CT molecular complexity index is 363. The standard InChI is InChI=1S/C16H30N2O3/c1-11(17-15(21)16(2,3)4)14(20)18-13-9-7-5-6-8-12(13)10-19/h11-13,19H,5-10H2,1-4H3,(H,17,21)(H,18,20). The van der Waals surface area contributed by atoms with Gasteiger partial charge in [0.1, 0.15) is 6.04 Å². The molecule has 5 nitrogen and oxygen atoms in total. The average molecular weight is 298 g/mol. The van der Waals surface area contributed by atoms with Crippen LogP contribution in [0, 0.1) is 11.3 Å². The molecule has 1 aliphatic rings. The number of carbonyl (C=O) groups is 2. The van der Waals surface area contributed by atoms with E-state index in [1.165, 1.54) is 0 Å². The van der Waals surface area contributed by atoms with Gasteiger partial charge in [0, 0.05) is 24.0 Å². The third kappa shape index (κ3) is 5.65. The Morgan fingerprint density at radius 2 is 1.81 bits per heavy atom. The summed E-state index contributed by atoms with van der Waals surface area (Å²) in [5, 5.41) is 15.2. The Labute approximate surface area is 127 Å².